The molecule has 1 aromatic rings. The van der Waals surface area contributed by atoms with Crippen LogP contribution in [0.3, 0.4) is 0 Å². The highest BCUT2D eigenvalue weighted by atomic mass is 16.6. The van der Waals surface area contributed by atoms with Gasteiger partial charge in [0.05, 0.1) is 12.6 Å². The molecule has 0 saturated carbocycles. The highest BCUT2D eigenvalue weighted by Crippen LogP contribution is 2.30. The summed E-state index contributed by atoms with van der Waals surface area (Å²) in [4.78, 5) is 23.8. The van der Waals surface area contributed by atoms with E-state index < -0.39 is 17.7 Å². The number of nitrogens with two attached hydrogens (primary N) is 1. The molecule has 0 spiro atoms. The molecule has 0 aliphatic carbocycles. The Hall–Kier alpha value is -2.12. The van der Waals surface area contributed by atoms with E-state index in [4.69, 9.17) is 15.3 Å². The molecule has 0 bridgehead atoms. The van der Waals surface area contributed by atoms with Crippen LogP contribution in [0.25, 0.3) is 0 Å². The van der Waals surface area contributed by atoms with Gasteiger partial charge in [-0.1, -0.05) is 25.5 Å². The first kappa shape index (κ1) is 16.3. The number of nitrogens with one attached hydrogen (secondary N) is 2. The Morgan fingerprint density at radius 3 is 2.77 bits per heavy atom. The fourth-order valence-electron chi connectivity index (χ4n) is 2.19. The van der Waals surface area contributed by atoms with Crippen LogP contribution in [0, 0.1) is 0 Å². The van der Waals surface area contributed by atoms with E-state index in [9.17, 15) is 9.59 Å². The number of benzene rings is 1. The molecular formula is C15H21N3O4. The quantitative estimate of drug-likeness (QED) is 0.376. The number of para-hydroxylation sites is 2. The number of amides is 1. The minimum absolute atomic E-state index is 0.197. The van der Waals surface area contributed by atoms with Crippen molar-refractivity contribution in [2.45, 2.75) is 31.9 Å². The minimum atomic E-state index is -0.668. The number of ketones is 1. The van der Waals surface area contributed by atoms with Crippen LogP contribution < -0.4 is 26.1 Å². The Balaban J connectivity index is 1.83. The van der Waals surface area contributed by atoms with Gasteiger partial charge in [0.15, 0.2) is 11.5 Å². The Kier molecular flexibility index (Phi) is 5.74. The molecule has 0 radical (unpaired) electrons. The van der Waals surface area contributed by atoms with Crippen molar-refractivity contribution in [3.8, 4) is 11.5 Å². The van der Waals surface area contributed by atoms with Crippen molar-refractivity contribution in [3.05, 3.63) is 24.3 Å². The van der Waals surface area contributed by atoms with Crippen LogP contribution >= 0.6 is 0 Å². The third-order valence-electron chi connectivity index (χ3n) is 3.38. The zero-order valence-electron chi connectivity index (χ0n) is 12.5. The summed E-state index contributed by atoms with van der Waals surface area (Å²) in [5.41, 5.74) is 2.37. The van der Waals surface area contributed by atoms with Crippen LogP contribution in [0.1, 0.15) is 19.8 Å². The smallest absolute Gasteiger partial charge is 0.289 e. The van der Waals surface area contributed by atoms with Gasteiger partial charge in [0.2, 0.25) is 5.78 Å². The van der Waals surface area contributed by atoms with Gasteiger partial charge in [-0.15, -0.1) is 0 Å². The zero-order valence-corrected chi connectivity index (χ0v) is 12.5. The van der Waals surface area contributed by atoms with Crippen molar-refractivity contribution in [1.29, 1.82) is 0 Å². The maximum absolute atomic E-state index is 11.9. The lowest BCUT2D eigenvalue weighted by atomic mass is 10.1. The highest BCUT2D eigenvalue weighted by Gasteiger charge is 2.26. The van der Waals surface area contributed by atoms with Crippen molar-refractivity contribution < 1.29 is 19.1 Å². The fourth-order valence-corrected chi connectivity index (χ4v) is 2.19. The maximum atomic E-state index is 11.9. The van der Waals surface area contributed by atoms with E-state index in [1.54, 1.807) is 6.07 Å². The Morgan fingerprint density at radius 1 is 1.36 bits per heavy atom. The van der Waals surface area contributed by atoms with Crippen LogP contribution in [-0.4, -0.2) is 37.0 Å². The van der Waals surface area contributed by atoms with E-state index in [0.29, 0.717) is 24.5 Å². The van der Waals surface area contributed by atoms with Crippen LogP contribution in [0.15, 0.2) is 24.3 Å². The normalized spacial score (nSPS) is 17.6. The Morgan fingerprint density at radius 2 is 2.09 bits per heavy atom. The largest absolute Gasteiger partial charge is 0.486 e. The summed E-state index contributed by atoms with van der Waals surface area (Å²) >= 11 is 0. The van der Waals surface area contributed by atoms with Crippen molar-refractivity contribution >= 4 is 11.7 Å². The maximum Gasteiger partial charge on any atom is 0.289 e. The lowest BCUT2D eigenvalue weighted by molar-refractivity contribution is -0.139. The fraction of sp³-hybridized carbons (Fsp3) is 0.467. The number of Topliss-reactive ketones (excluding diaryl/α,β-unsaturated/α-hetero) is 1. The number of carbonyl (C=O) groups excluding carboxylic acids is 2. The van der Waals surface area contributed by atoms with Gasteiger partial charge in [-0.05, 0) is 18.6 Å². The molecule has 0 aromatic heterocycles. The summed E-state index contributed by atoms with van der Waals surface area (Å²) in [5.74, 6) is 5.37. The second-order valence-corrected chi connectivity index (χ2v) is 5.08. The zero-order chi connectivity index (χ0) is 15.9. The molecule has 2 rings (SSSR count). The lowest BCUT2D eigenvalue weighted by Gasteiger charge is -2.26. The average Bonchev–Trinajstić information content (AvgIpc) is 2.56. The third-order valence-corrected chi connectivity index (χ3v) is 3.38. The molecule has 120 valence electrons. The van der Waals surface area contributed by atoms with E-state index in [1.165, 1.54) is 0 Å². The van der Waals surface area contributed by atoms with Gasteiger partial charge in [-0.25, -0.2) is 5.43 Å². The molecule has 4 N–H and O–H groups in total. The van der Waals surface area contributed by atoms with Crippen molar-refractivity contribution in [3.63, 3.8) is 0 Å². The van der Waals surface area contributed by atoms with E-state index in [0.717, 1.165) is 6.42 Å². The second-order valence-electron chi connectivity index (χ2n) is 5.08. The van der Waals surface area contributed by atoms with Crippen LogP contribution in [0.2, 0.25) is 0 Å². The van der Waals surface area contributed by atoms with Crippen molar-refractivity contribution in [2.75, 3.05) is 13.2 Å². The molecule has 1 aliphatic heterocycles. The monoisotopic (exact) mass is 307 g/mol. The molecule has 2 unspecified atom stereocenters. The number of fused-ring (bicyclic) bond motifs is 1. The second kappa shape index (κ2) is 7.77. The number of rotatable bonds is 7. The summed E-state index contributed by atoms with van der Waals surface area (Å²) in [6, 6.07) is 6.65. The molecule has 1 aliphatic rings. The molecule has 1 heterocycles. The molecule has 22 heavy (non-hydrogen) atoms. The summed E-state index contributed by atoms with van der Waals surface area (Å²) < 4.78 is 11.2. The molecule has 0 fully saturated rings. The first-order valence-corrected chi connectivity index (χ1v) is 7.32. The standard InChI is InChI=1S/C15H21N3O4/c1-2-5-11(18-16)14(19)15(20)17-8-10-9-21-12-6-3-4-7-13(12)22-10/h3-4,6-7,10-11,18H,2,5,8-9,16H2,1H3,(H,17,20). The first-order valence-electron chi connectivity index (χ1n) is 7.32. The van der Waals surface area contributed by atoms with Gasteiger partial charge >= 0.3 is 0 Å². The van der Waals surface area contributed by atoms with Gasteiger partial charge < -0.3 is 14.8 Å². The predicted octanol–water partition coefficient (Wildman–Crippen LogP) is 0.144. The van der Waals surface area contributed by atoms with Gasteiger partial charge in [-0.3, -0.25) is 15.4 Å². The summed E-state index contributed by atoms with van der Waals surface area (Å²) in [5, 5.41) is 2.57. The van der Waals surface area contributed by atoms with Crippen molar-refractivity contribution in [1.82, 2.24) is 10.7 Å². The predicted molar refractivity (Wildman–Crippen MR) is 80.4 cm³/mol. The SMILES string of the molecule is CCCC(NN)C(=O)C(=O)NCC1COc2ccccc2O1. The van der Waals surface area contributed by atoms with Crippen LogP contribution in [0.4, 0.5) is 0 Å². The van der Waals surface area contributed by atoms with E-state index >= 15 is 0 Å². The minimum Gasteiger partial charge on any atom is -0.486 e. The summed E-state index contributed by atoms with van der Waals surface area (Å²) in [6.07, 6.45) is 0.936. The van der Waals surface area contributed by atoms with Crippen LogP contribution in [-0.2, 0) is 9.59 Å². The van der Waals surface area contributed by atoms with E-state index in [2.05, 4.69) is 10.7 Å². The van der Waals surface area contributed by atoms with Crippen molar-refractivity contribution in [2.24, 2.45) is 5.84 Å². The topological polar surface area (TPSA) is 103 Å². The number of ether oxygens (including phenoxy) is 2. The van der Waals surface area contributed by atoms with Gasteiger partial charge in [0.1, 0.15) is 12.7 Å². The molecule has 0 saturated heterocycles. The molecular weight excluding hydrogens is 286 g/mol. The van der Waals surface area contributed by atoms with E-state index in [1.807, 2.05) is 25.1 Å². The van der Waals surface area contributed by atoms with Gasteiger partial charge in [0, 0.05) is 0 Å². The van der Waals surface area contributed by atoms with Gasteiger partial charge in [-0.2, -0.15) is 0 Å². The number of hydrogen-bond donors (Lipinski definition) is 3. The average molecular weight is 307 g/mol. The molecule has 2 atom stereocenters. The van der Waals surface area contributed by atoms with E-state index in [-0.39, 0.29) is 12.6 Å². The first-order chi connectivity index (χ1) is 10.7. The Bertz CT molecular complexity index is 535. The number of hydrazine groups is 1. The van der Waals surface area contributed by atoms with Crippen LogP contribution in [0.5, 0.6) is 11.5 Å². The lowest BCUT2D eigenvalue weighted by Crippen LogP contribution is -2.50. The molecule has 1 aromatic carbocycles. The van der Waals surface area contributed by atoms with Gasteiger partial charge in [0.25, 0.3) is 5.91 Å². The highest BCUT2D eigenvalue weighted by molar-refractivity contribution is 6.38. The molecule has 1 amide bonds. The third kappa shape index (κ3) is 3.96. The summed E-state index contributed by atoms with van der Waals surface area (Å²) in [7, 11) is 0. The number of carbonyl (C=O) groups is 2. The summed E-state index contributed by atoms with van der Waals surface area (Å²) in [6.45, 7) is 2.43. The number of hydrogen-bond acceptors (Lipinski definition) is 6. The molecule has 7 nitrogen and oxygen atoms in total. The Labute approximate surface area is 129 Å². The molecule has 7 heteroatoms.